The van der Waals surface area contributed by atoms with Gasteiger partial charge in [-0.05, 0) is 113 Å². The van der Waals surface area contributed by atoms with Crippen LogP contribution in [0.15, 0.2) is 204 Å². The molecule has 0 atom stereocenters. The lowest BCUT2D eigenvalue weighted by Gasteiger charge is -2.12. The molecule has 10 aromatic heterocycles. The zero-order chi connectivity index (χ0) is 46.2. The van der Waals surface area contributed by atoms with Crippen molar-refractivity contribution in [2.45, 2.75) is 0 Å². The number of para-hydroxylation sites is 4. The lowest BCUT2D eigenvalue weighted by atomic mass is 10.1. The Morgan fingerprint density at radius 1 is 0.338 bits per heavy atom. The van der Waals surface area contributed by atoms with E-state index in [1.807, 2.05) is 42.7 Å². The van der Waals surface area contributed by atoms with Crippen molar-refractivity contribution in [1.82, 2.24) is 47.8 Å². The summed E-state index contributed by atoms with van der Waals surface area (Å²) in [7, 11) is 0. The molecule has 3 radical (unpaired) electrons. The first-order valence-electron chi connectivity index (χ1n) is 22.8. The molecule has 6 aromatic carbocycles. The fourth-order valence-corrected chi connectivity index (χ4v) is 12.2. The maximum Gasteiger partial charge on any atom is 0.149 e. The van der Waals surface area contributed by atoms with E-state index in [1.54, 1.807) is 12.4 Å². The van der Waals surface area contributed by atoms with E-state index in [9.17, 15) is 0 Å². The number of hydrogen-bond donors (Lipinski definition) is 0. The lowest BCUT2D eigenvalue weighted by Crippen LogP contribution is -1.99. The van der Waals surface area contributed by atoms with E-state index in [0.29, 0.717) is 0 Å². The highest BCUT2D eigenvalue weighted by molar-refractivity contribution is 9.11. The normalized spacial score (nSPS) is 12.0. The minimum Gasteiger partial charge on any atom is -0.308 e. The smallest absolute Gasteiger partial charge is 0.149 e. The number of pyridine rings is 6. The van der Waals surface area contributed by atoms with Gasteiger partial charge in [-0.3, -0.25) is 18.8 Å². The highest BCUT2D eigenvalue weighted by atomic mass is 79.9. The second kappa shape index (κ2) is 15.8. The van der Waals surface area contributed by atoms with Crippen LogP contribution in [0.25, 0.3) is 132 Å². The summed E-state index contributed by atoms with van der Waals surface area (Å²) in [5.74, 6) is 0. The van der Waals surface area contributed by atoms with Crippen LogP contribution in [0.1, 0.15) is 0 Å². The SMILES string of the molecule is Brc1cc(Br)c2nc3c4cccnc4c4cccnc4n3c2c1.[B].c1ccc(-n2c3ccccc3c3c4nc5c6cccnc6c6cccnc6n5c4c4c(c5ccccc5n4-c4ccccc4)c32)cc1. The predicted octanol–water partition coefficient (Wildman–Crippen LogP) is 14.5. The average Bonchev–Trinajstić information content (AvgIpc) is 4.20. The van der Waals surface area contributed by atoms with Crippen LogP contribution in [0.3, 0.4) is 0 Å². The third-order valence-corrected chi connectivity index (χ3v) is 14.7. The number of benzene rings is 6. The second-order valence-electron chi connectivity index (χ2n) is 17.4. The summed E-state index contributed by atoms with van der Waals surface area (Å²) >= 11 is 7.18. The third-order valence-electron chi connectivity index (χ3n) is 13.6. The van der Waals surface area contributed by atoms with Crippen molar-refractivity contribution in [3.05, 3.63) is 204 Å². The minimum atomic E-state index is 0. The first-order chi connectivity index (χ1) is 34.6. The first-order valence-corrected chi connectivity index (χ1v) is 24.4. The Balaban J connectivity index is 0.000000164. The molecule has 16 aromatic rings. The highest BCUT2D eigenvalue weighted by Crippen LogP contribution is 2.48. The number of imidazole rings is 2. The molecule has 331 valence electrons. The standard InChI is InChI=1S/C41H24N6.C17H8Br2N4.B/c1-3-13-25(14-4-1)45-31-21-9-7-17-27(31)33-36-39(47-40-29(19-12-24-43-40)35-30(41(47)44-36)20-11-23-42-35)38-34(37(33)45)28-18-8-10-22-32(28)46(38)26-15-5-2-6-16-26;18-9-7-12(19)15-13(8-9)23-16-10(3-2-6-21-16)14-11(17(23)22-15)4-1-5-20-14;/h1-24H;1-8H;. The van der Waals surface area contributed by atoms with Gasteiger partial charge in [0.25, 0.3) is 0 Å². The van der Waals surface area contributed by atoms with Crippen molar-refractivity contribution in [3.63, 3.8) is 0 Å². The summed E-state index contributed by atoms with van der Waals surface area (Å²) in [5, 5.41) is 8.71. The van der Waals surface area contributed by atoms with E-state index in [-0.39, 0.29) is 8.41 Å². The van der Waals surface area contributed by atoms with Crippen molar-refractivity contribution in [3.8, 4) is 11.4 Å². The molecule has 0 amide bonds. The van der Waals surface area contributed by atoms with Gasteiger partial charge in [0, 0.05) is 96.6 Å². The molecule has 16 rings (SSSR count). The Morgan fingerprint density at radius 2 is 0.789 bits per heavy atom. The van der Waals surface area contributed by atoms with E-state index in [1.165, 1.54) is 10.8 Å². The minimum absolute atomic E-state index is 0. The van der Waals surface area contributed by atoms with Crippen molar-refractivity contribution >= 4 is 161 Å². The molecule has 0 unspecified atom stereocenters. The van der Waals surface area contributed by atoms with Crippen LogP contribution in [-0.4, -0.2) is 56.3 Å². The van der Waals surface area contributed by atoms with Gasteiger partial charge < -0.3 is 9.13 Å². The number of hydrogen-bond acceptors (Lipinski definition) is 6. The molecule has 0 N–H and O–H groups in total. The molecule has 0 aliphatic heterocycles. The molecular weight excluding hydrogens is 1010 g/mol. The van der Waals surface area contributed by atoms with Gasteiger partial charge in [0.2, 0.25) is 0 Å². The maximum atomic E-state index is 5.59. The topological polar surface area (TPSA) is 96.0 Å². The van der Waals surface area contributed by atoms with E-state index < -0.39 is 0 Å². The fourth-order valence-electron chi connectivity index (χ4n) is 10.9. The highest BCUT2D eigenvalue weighted by Gasteiger charge is 2.29. The molecule has 0 aliphatic rings. The Kier molecular flexibility index (Phi) is 9.20. The van der Waals surface area contributed by atoms with Gasteiger partial charge in [0.15, 0.2) is 0 Å². The Morgan fingerprint density at radius 3 is 1.38 bits per heavy atom. The molecule has 0 fully saturated rings. The van der Waals surface area contributed by atoms with Gasteiger partial charge in [-0.2, -0.15) is 0 Å². The van der Waals surface area contributed by atoms with Crippen LogP contribution in [0.5, 0.6) is 0 Å². The predicted molar refractivity (Wildman–Crippen MR) is 296 cm³/mol. The van der Waals surface area contributed by atoms with Gasteiger partial charge in [-0.25, -0.2) is 19.9 Å². The van der Waals surface area contributed by atoms with Crippen molar-refractivity contribution in [2.24, 2.45) is 0 Å². The molecular formula is C58H32BBr2N10. The average molecular weight is 1040 g/mol. The number of halogens is 2. The largest absolute Gasteiger partial charge is 0.308 e. The molecule has 10 nitrogen and oxygen atoms in total. The van der Waals surface area contributed by atoms with Crippen LogP contribution in [0.2, 0.25) is 0 Å². The summed E-state index contributed by atoms with van der Waals surface area (Å²) in [6.45, 7) is 0. The second-order valence-corrected chi connectivity index (χ2v) is 19.1. The van der Waals surface area contributed by atoms with Gasteiger partial charge in [-0.1, -0.05) is 88.7 Å². The Bertz CT molecular complexity index is 4870. The summed E-state index contributed by atoms with van der Waals surface area (Å²) < 4.78 is 11.2. The number of nitrogens with zero attached hydrogens (tertiary/aromatic N) is 10. The van der Waals surface area contributed by atoms with E-state index >= 15 is 0 Å². The van der Waals surface area contributed by atoms with Crippen LogP contribution in [0.4, 0.5) is 0 Å². The zero-order valence-electron chi connectivity index (χ0n) is 37.3. The van der Waals surface area contributed by atoms with Crippen LogP contribution in [-0.2, 0) is 0 Å². The molecule has 13 heteroatoms. The fraction of sp³-hybridized carbons (Fsp3) is 0. The van der Waals surface area contributed by atoms with E-state index in [0.717, 1.165) is 130 Å². The molecule has 10 heterocycles. The third kappa shape index (κ3) is 5.81. The van der Waals surface area contributed by atoms with Crippen molar-refractivity contribution in [1.29, 1.82) is 0 Å². The summed E-state index contributed by atoms with van der Waals surface area (Å²) in [6, 6.07) is 59.1. The van der Waals surface area contributed by atoms with E-state index in [2.05, 4.69) is 199 Å². The number of rotatable bonds is 2. The lowest BCUT2D eigenvalue weighted by molar-refractivity contribution is 1.17. The van der Waals surface area contributed by atoms with Gasteiger partial charge >= 0.3 is 0 Å². The zero-order valence-corrected chi connectivity index (χ0v) is 40.5. The number of aromatic nitrogens is 10. The summed E-state index contributed by atoms with van der Waals surface area (Å²) in [4.78, 5) is 29.4. The monoisotopic (exact) mass is 1040 g/mol. The van der Waals surface area contributed by atoms with Crippen molar-refractivity contribution in [2.75, 3.05) is 0 Å². The van der Waals surface area contributed by atoms with Crippen LogP contribution >= 0.6 is 31.9 Å². The molecule has 0 aliphatic carbocycles. The Labute approximate surface area is 421 Å². The summed E-state index contributed by atoms with van der Waals surface area (Å²) in [5.41, 5.74) is 15.9. The number of fused-ring (bicyclic) bond motifs is 25. The molecule has 0 spiro atoms. The van der Waals surface area contributed by atoms with Crippen LogP contribution < -0.4 is 0 Å². The Hall–Kier alpha value is -8.52. The summed E-state index contributed by atoms with van der Waals surface area (Å²) in [6.07, 6.45) is 7.33. The van der Waals surface area contributed by atoms with Crippen LogP contribution in [0, 0.1) is 0 Å². The van der Waals surface area contributed by atoms with Gasteiger partial charge in [0.05, 0.1) is 38.6 Å². The van der Waals surface area contributed by atoms with Gasteiger partial charge in [-0.15, -0.1) is 0 Å². The van der Waals surface area contributed by atoms with E-state index in [4.69, 9.17) is 19.9 Å². The molecule has 0 saturated carbocycles. The van der Waals surface area contributed by atoms with Gasteiger partial charge in [0.1, 0.15) is 39.1 Å². The quantitative estimate of drug-likeness (QED) is 0.126. The molecule has 0 saturated heterocycles. The maximum absolute atomic E-state index is 5.59. The molecule has 71 heavy (non-hydrogen) atoms. The molecule has 0 bridgehead atoms. The van der Waals surface area contributed by atoms with Crippen molar-refractivity contribution < 1.29 is 0 Å². The first kappa shape index (κ1) is 41.5.